The van der Waals surface area contributed by atoms with Crippen molar-refractivity contribution in [3.8, 4) is 0 Å². The lowest BCUT2D eigenvalue weighted by Gasteiger charge is -2.34. The molecule has 0 aliphatic carbocycles. The molecule has 0 amide bonds. The molecule has 1 aromatic carbocycles. The number of halogens is 1. The summed E-state index contributed by atoms with van der Waals surface area (Å²) in [6.45, 7) is 6.47. The number of nitrogens with zero attached hydrogens (tertiary/aromatic N) is 2. The molecule has 1 aromatic rings. The zero-order valence-electron chi connectivity index (χ0n) is 15.7. The number of aliphatic imine (C=N–C) groups is 1. The lowest BCUT2D eigenvalue weighted by Crippen LogP contribution is -2.46. The fourth-order valence-corrected chi connectivity index (χ4v) is 3.02. The van der Waals surface area contributed by atoms with E-state index in [-0.39, 0.29) is 24.0 Å². The van der Waals surface area contributed by atoms with Crippen molar-refractivity contribution < 1.29 is 9.47 Å². The summed E-state index contributed by atoms with van der Waals surface area (Å²) in [6, 6.07) is 8.57. The van der Waals surface area contributed by atoms with E-state index in [2.05, 4.69) is 46.4 Å². The van der Waals surface area contributed by atoms with Crippen LogP contribution in [-0.4, -0.2) is 57.4 Å². The second-order valence-corrected chi connectivity index (χ2v) is 6.29. The van der Waals surface area contributed by atoms with E-state index in [0.717, 1.165) is 58.1 Å². The van der Waals surface area contributed by atoms with Gasteiger partial charge in [0.25, 0.3) is 0 Å². The van der Waals surface area contributed by atoms with Gasteiger partial charge in [-0.15, -0.1) is 24.0 Å². The van der Waals surface area contributed by atoms with Crippen LogP contribution in [0.5, 0.6) is 0 Å². The number of hydrogen-bond acceptors (Lipinski definition) is 3. The van der Waals surface area contributed by atoms with Crippen LogP contribution in [0.2, 0.25) is 0 Å². The Balaban J connectivity index is 0.00000312. The van der Waals surface area contributed by atoms with Crippen molar-refractivity contribution in [3.63, 3.8) is 0 Å². The molecule has 0 saturated carbocycles. The minimum Gasteiger partial charge on any atom is -0.385 e. The first-order chi connectivity index (χ1) is 11.7. The summed E-state index contributed by atoms with van der Waals surface area (Å²) in [5.41, 5.74) is 2.57. The van der Waals surface area contributed by atoms with Gasteiger partial charge >= 0.3 is 0 Å². The van der Waals surface area contributed by atoms with E-state index in [9.17, 15) is 0 Å². The molecule has 0 unspecified atom stereocenters. The molecule has 1 saturated heterocycles. The summed E-state index contributed by atoms with van der Waals surface area (Å²) in [5, 5.41) is 3.48. The molecule has 0 radical (unpaired) electrons. The molecule has 0 bridgehead atoms. The molecule has 1 aliphatic rings. The van der Waals surface area contributed by atoms with E-state index >= 15 is 0 Å². The van der Waals surface area contributed by atoms with E-state index in [4.69, 9.17) is 9.47 Å². The van der Waals surface area contributed by atoms with Gasteiger partial charge in [-0.2, -0.15) is 0 Å². The first kappa shape index (κ1) is 22.2. The van der Waals surface area contributed by atoms with E-state index in [1.54, 1.807) is 7.11 Å². The monoisotopic (exact) mass is 461 g/mol. The standard InChI is InChI=1S/C19H31N3O2.HI/c1-16-6-4-7-17(14-16)15-21-19(20-2)22-10-8-18(9-11-22)24-13-5-12-23-3;/h4,6-7,14,18H,5,8-13,15H2,1-3H3,(H,20,21);1H. The number of piperidine rings is 1. The highest BCUT2D eigenvalue weighted by Crippen LogP contribution is 2.14. The normalized spacial score (nSPS) is 15.8. The number of aryl methyl sites for hydroxylation is 1. The lowest BCUT2D eigenvalue weighted by molar-refractivity contribution is 0.00989. The lowest BCUT2D eigenvalue weighted by atomic mass is 10.1. The largest absolute Gasteiger partial charge is 0.385 e. The van der Waals surface area contributed by atoms with Crippen molar-refractivity contribution in [1.29, 1.82) is 0 Å². The summed E-state index contributed by atoms with van der Waals surface area (Å²) >= 11 is 0. The highest BCUT2D eigenvalue weighted by atomic mass is 127. The second kappa shape index (κ2) is 12.5. The Bertz CT molecular complexity index is 517. The van der Waals surface area contributed by atoms with Crippen LogP contribution in [0.3, 0.4) is 0 Å². The van der Waals surface area contributed by atoms with Crippen LogP contribution in [-0.2, 0) is 16.0 Å². The SMILES string of the molecule is CN=C(NCc1cccc(C)c1)N1CCC(OCCCOC)CC1.I. The Morgan fingerprint density at radius 3 is 2.68 bits per heavy atom. The van der Waals surface area contributed by atoms with Gasteiger partial charge in [-0.05, 0) is 31.7 Å². The van der Waals surface area contributed by atoms with E-state index < -0.39 is 0 Å². The molecule has 2 rings (SSSR count). The average Bonchev–Trinajstić information content (AvgIpc) is 2.60. The van der Waals surface area contributed by atoms with Crippen LogP contribution in [0.1, 0.15) is 30.4 Å². The Labute approximate surface area is 169 Å². The van der Waals surface area contributed by atoms with Gasteiger partial charge in [0.1, 0.15) is 0 Å². The summed E-state index contributed by atoms with van der Waals surface area (Å²) in [6.07, 6.45) is 3.44. The number of guanidine groups is 1. The van der Waals surface area contributed by atoms with Gasteiger partial charge in [0, 0.05) is 47.0 Å². The van der Waals surface area contributed by atoms with Crippen molar-refractivity contribution in [2.45, 2.75) is 38.8 Å². The first-order valence-corrected chi connectivity index (χ1v) is 8.84. The van der Waals surface area contributed by atoms with E-state index in [0.29, 0.717) is 6.10 Å². The highest BCUT2D eigenvalue weighted by molar-refractivity contribution is 14.0. The number of hydrogen-bond donors (Lipinski definition) is 1. The molecular weight excluding hydrogens is 429 g/mol. The predicted molar refractivity (Wildman–Crippen MR) is 114 cm³/mol. The Kier molecular flexibility index (Phi) is 11.1. The fourth-order valence-electron chi connectivity index (χ4n) is 3.02. The molecule has 0 aromatic heterocycles. The van der Waals surface area contributed by atoms with Crippen LogP contribution in [0.25, 0.3) is 0 Å². The molecule has 142 valence electrons. The molecule has 0 spiro atoms. The van der Waals surface area contributed by atoms with Gasteiger partial charge in [-0.3, -0.25) is 4.99 Å². The minimum absolute atomic E-state index is 0. The third-order valence-corrected chi connectivity index (χ3v) is 4.33. The minimum atomic E-state index is 0. The molecule has 1 heterocycles. The number of likely N-dealkylation sites (tertiary alicyclic amines) is 1. The Morgan fingerprint density at radius 1 is 1.28 bits per heavy atom. The number of ether oxygens (including phenoxy) is 2. The summed E-state index contributed by atoms with van der Waals surface area (Å²) in [7, 11) is 3.58. The van der Waals surface area contributed by atoms with Crippen molar-refractivity contribution >= 4 is 29.9 Å². The quantitative estimate of drug-likeness (QED) is 0.293. The van der Waals surface area contributed by atoms with E-state index in [1.807, 2.05) is 7.05 Å². The maximum atomic E-state index is 5.92. The van der Waals surface area contributed by atoms with Gasteiger partial charge in [0.2, 0.25) is 0 Å². The molecule has 6 heteroatoms. The van der Waals surface area contributed by atoms with Gasteiger partial charge in [0.05, 0.1) is 6.10 Å². The van der Waals surface area contributed by atoms with Gasteiger partial charge < -0.3 is 19.7 Å². The molecule has 1 N–H and O–H groups in total. The predicted octanol–water partition coefficient (Wildman–Crippen LogP) is 3.21. The molecule has 5 nitrogen and oxygen atoms in total. The maximum Gasteiger partial charge on any atom is 0.193 e. The van der Waals surface area contributed by atoms with Crippen LogP contribution < -0.4 is 5.32 Å². The molecule has 1 aliphatic heterocycles. The topological polar surface area (TPSA) is 46.1 Å². The zero-order valence-corrected chi connectivity index (χ0v) is 18.0. The van der Waals surface area contributed by atoms with Crippen molar-refractivity contribution in [2.75, 3.05) is 40.5 Å². The van der Waals surface area contributed by atoms with Crippen LogP contribution in [0, 0.1) is 6.92 Å². The Hall–Kier alpha value is -0.860. The summed E-state index contributed by atoms with van der Waals surface area (Å²) in [5.74, 6) is 0.981. The summed E-state index contributed by atoms with van der Waals surface area (Å²) < 4.78 is 11.0. The van der Waals surface area contributed by atoms with Crippen molar-refractivity contribution in [1.82, 2.24) is 10.2 Å². The van der Waals surface area contributed by atoms with Gasteiger partial charge in [-0.25, -0.2) is 0 Å². The first-order valence-electron chi connectivity index (χ1n) is 8.84. The fraction of sp³-hybridized carbons (Fsp3) is 0.632. The second-order valence-electron chi connectivity index (χ2n) is 6.29. The van der Waals surface area contributed by atoms with Crippen molar-refractivity contribution in [3.05, 3.63) is 35.4 Å². The third-order valence-electron chi connectivity index (χ3n) is 4.33. The van der Waals surface area contributed by atoms with Gasteiger partial charge in [0.15, 0.2) is 5.96 Å². The average molecular weight is 461 g/mol. The molecule has 0 atom stereocenters. The van der Waals surface area contributed by atoms with Crippen LogP contribution in [0.4, 0.5) is 0 Å². The van der Waals surface area contributed by atoms with E-state index in [1.165, 1.54) is 11.1 Å². The number of nitrogens with one attached hydrogen (secondary N) is 1. The highest BCUT2D eigenvalue weighted by Gasteiger charge is 2.21. The summed E-state index contributed by atoms with van der Waals surface area (Å²) in [4.78, 5) is 6.76. The van der Waals surface area contributed by atoms with Crippen LogP contribution in [0.15, 0.2) is 29.3 Å². The molecule has 25 heavy (non-hydrogen) atoms. The van der Waals surface area contributed by atoms with Gasteiger partial charge in [-0.1, -0.05) is 29.8 Å². The number of methoxy groups -OCH3 is 1. The molecular formula is C19H32IN3O2. The maximum absolute atomic E-state index is 5.92. The third kappa shape index (κ3) is 7.92. The molecule has 1 fully saturated rings. The van der Waals surface area contributed by atoms with Crippen molar-refractivity contribution in [2.24, 2.45) is 4.99 Å². The number of rotatable bonds is 7. The van der Waals surface area contributed by atoms with Crippen LogP contribution >= 0.6 is 24.0 Å². The zero-order chi connectivity index (χ0) is 17.2. The number of benzene rings is 1. The smallest absolute Gasteiger partial charge is 0.193 e. The Morgan fingerprint density at radius 2 is 2.04 bits per heavy atom.